The molecule has 3 rings (SSSR count). The summed E-state index contributed by atoms with van der Waals surface area (Å²) < 4.78 is 2.09. The predicted octanol–water partition coefficient (Wildman–Crippen LogP) is 3.87. The number of alkyl halides is 1. The number of fused-ring (bicyclic) bond motifs is 1. The van der Waals surface area contributed by atoms with E-state index in [0.717, 1.165) is 27.4 Å². The molecule has 2 heterocycles. The molecule has 3 aromatic rings. The van der Waals surface area contributed by atoms with Crippen molar-refractivity contribution >= 4 is 34.2 Å². The number of rotatable bonds is 3. The summed E-state index contributed by atoms with van der Waals surface area (Å²) in [5.74, 6) is 1.21. The number of pyridine rings is 1. The highest BCUT2D eigenvalue weighted by atomic mass is 35.5. The normalized spacial score (nSPS) is 11.1. The van der Waals surface area contributed by atoms with Crippen molar-refractivity contribution < 1.29 is 0 Å². The Morgan fingerprint density at radius 3 is 2.89 bits per heavy atom. The molecule has 0 aliphatic heterocycles. The molecule has 19 heavy (non-hydrogen) atoms. The van der Waals surface area contributed by atoms with Gasteiger partial charge in [-0.3, -0.25) is 4.98 Å². The largest absolute Gasteiger partial charge is 0.322 e. The van der Waals surface area contributed by atoms with Crippen LogP contribution in [0.2, 0.25) is 5.02 Å². The van der Waals surface area contributed by atoms with Crippen LogP contribution in [0.4, 0.5) is 0 Å². The van der Waals surface area contributed by atoms with Crippen molar-refractivity contribution in [1.29, 1.82) is 0 Å². The topological polar surface area (TPSA) is 30.7 Å². The molecule has 96 valence electrons. The summed E-state index contributed by atoms with van der Waals surface area (Å²) in [5, 5.41) is 0.732. The van der Waals surface area contributed by atoms with Crippen LogP contribution in [0, 0.1) is 0 Å². The van der Waals surface area contributed by atoms with Gasteiger partial charge in [0.15, 0.2) is 0 Å². The molecule has 0 bridgehead atoms. The van der Waals surface area contributed by atoms with Crippen molar-refractivity contribution in [3.05, 3.63) is 59.1 Å². The lowest BCUT2D eigenvalue weighted by molar-refractivity contribution is 0.778. The Hall–Kier alpha value is -1.58. The summed E-state index contributed by atoms with van der Waals surface area (Å²) in [5.41, 5.74) is 3.01. The van der Waals surface area contributed by atoms with Crippen LogP contribution in [0.25, 0.3) is 11.0 Å². The quantitative estimate of drug-likeness (QED) is 0.686. The molecule has 0 saturated carbocycles. The third kappa shape index (κ3) is 2.44. The Morgan fingerprint density at radius 2 is 2.11 bits per heavy atom. The first-order valence-corrected chi connectivity index (χ1v) is 6.78. The summed E-state index contributed by atoms with van der Waals surface area (Å²) in [6, 6.07) is 9.74. The second kappa shape index (κ2) is 5.19. The summed E-state index contributed by atoms with van der Waals surface area (Å²) in [7, 11) is 0. The molecule has 0 saturated heterocycles. The van der Waals surface area contributed by atoms with Gasteiger partial charge in [-0.2, -0.15) is 0 Å². The molecular weight excluding hydrogens is 281 g/mol. The Balaban J connectivity index is 2.08. The predicted molar refractivity (Wildman–Crippen MR) is 77.6 cm³/mol. The minimum atomic E-state index is 0.370. The number of imidazole rings is 1. The minimum Gasteiger partial charge on any atom is -0.322 e. The Kier molecular flexibility index (Phi) is 3.40. The van der Waals surface area contributed by atoms with E-state index in [4.69, 9.17) is 23.2 Å². The molecule has 0 atom stereocenters. The zero-order chi connectivity index (χ0) is 13.2. The van der Waals surface area contributed by atoms with Gasteiger partial charge in [0.25, 0.3) is 0 Å². The number of benzene rings is 1. The molecule has 0 N–H and O–H groups in total. The first-order chi connectivity index (χ1) is 9.28. The van der Waals surface area contributed by atoms with Crippen LogP contribution < -0.4 is 0 Å². The van der Waals surface area contributed by atoms with Crippen molar-refractivity contribution in [2.45, 2.75) is 12.4 Å². The number of halogens is 2. The number of hydrogen-bond acceptors (Lipinski definition) is 2. The molecular formula is C14H11Cl2N3. The molecule has 0 spiro atoms. The molecule has 0 amide bonds. The maximum Gasteiger partial charge on any atom is 0.125 e. The van der Waals surface area contributed by atoms with Gasteiger partial charge in [0.1, 0.15) is 11.3 Å². The van der Waals surface area contributed by atoms with Crippen LogP contribution >= 0.6 is 23.2 Å². The summed E-state index contributed by atoms with van der Waals surface area (Å²) in [6.45, 7) is 0.698. The first-order valence-electron chi connectivity index (χ1n) is 5.87. The van der Waals surface area contributed by atoms with E-state index >= 15 is 0 Å². The fraction of sp³-hybridized carbons (Fsp3) is 0.143. The van der Waals surface area contributed by atoms with E-state index in [1.54, 1.807) is 12.4 Å². The second-order valence-electron chi connectivity index (χ2n) is 4.24. The van der Waals surface area contributed by atoms with E-state index in [0.29, 0.717) is 12.4 Å². The lowest BCUT2D eigenvalue weighted by Gasteiger charge is -2.08. The van der Waals surface area contributed by atoms with E-state index in [1.807, 2.05) is 30.3 Å². The third-order valence-electron chi connectivity index (χ3n) is 2.98. The van der Waals surface area contributed by atoms with Gasteiger partial charge in [0.05, 0.1) is 17.6 Å². The van der Waals surface area contributed by atoms with Crippen molar-refractivity contribution in [2.24, 2.45) is 0 Å². The molecule has 0 aliphatic rings. The molecule has 0 fully saturated rings. The molecule has 0 unspecified atom stereocenters. The fourth-order valence-corrected chi connectivity index (χ4v) is 2.54. The first kappa shape index (κ1) is 12.5. The van der Waals surface area contributed by atoms with Crippen LogP contribution in [0.15, 0.2) is 42.7 Å². The van der Waals surface area contributed by atoms with Crippen molar-refractivity contribution in [3.8, 4) is 0 Å². The van der Waals surface area contributed by atoms with Crippen molar-refractivity contribution in [3.63, 3.8) is 0 Å². The zero-order valence-electron chi connectivity index (χ0n) is 10.1. The SMILES string of the molecule is ClCc1nc2cnccc2n1Cc1cccc(Cl)c1. The molecule has 2 aromatic heterocycles. The minimum absolute atomic E-state index is 0.370. The van der Waals surface area contributed by atoms with Gasteiger partial charge in [-0.05, 0) is 23.8 Å². The van der Waals surface area contributed by atoms with Gasteiger partial charge < -0.3 is 4.57 Å². The standard InChI is InChI=1S/C14H11Cl2N3/c15-7-14-18-12-8-17-5-4-13(12)19(14)9-10-2-1-3-11(16)6-10/h1-6,8H,7,9H2. The maximum atomic E-state index is 6.02. The molecule has 3 nitrogen and oxygen atoms in total. The van der Waals surface area contributed by atoms with E-state index < -0.39 is 0 Å². The van der Waals surface area contributed by atoms with Gasteiger partial charge in [-0.1, -0.05) is 23.7 Å². The van der Waals surface area contributed by atoms with Crippen LogP contribution in [0.3, 0.4) is 0 Å². The number of hydrogen-bond donors (Lipinski definition) is 0. The Bertz CT molecular complexity index is 722. The highest BCUT2D eigenvalue weighted by Crippen LogP contribution is 2.19. The molecule has 0 radical (unpaired) electrons. The molecule has 1 aromatic carbocycles. The third-order valence-corrected chi connectivity index (χ3v) is 3.45. The monoisotopic (exact) mass is 291 g/mol. The smallest absolute Gasteiger partial charge is 0.125 e. The summed E-state index contributed by atoms with van der Waals surface area (Å²) >= 11 is 12.0. The van der Waals surface area contributed by atoms with E-state index in [9.17, 15) is 0 Å². The molecule has 0 aliphatic carbocycles. The number of aromatic nitrogens is 3. The van der Waals surface area contributed by atoms with E-state index in [2.05, 4.69) is 14.5 Å². The highest BCUT2D eigenvalue weighted by Gasteiger charge is 2.10. The maximum absolute atomic E-state index is 6.02. The number of nitrogens with zero attached hydrogens (tertiary/aromatic N) is 3. The lowest BCUT2D eigenvalue weighted by Crippen LogP contribution is -2.03. The molecule has 5 heteroatoms. The van der Waals surface area contributed by atoms with Crippen LogP contribution in [0.1, 0.15) is 11.4 Å². The van der Waals surface area contributed by atoms with Gasteiger partial charge in [-0.15, -0.1) is 11.6 Å². The zero-order valence-corrected chi connectivity index (χ0v) is 11.6. The average Bonchev–Trinajstić information content (AvgIpc) is 2.77. The highest BCUT2D eigenvalue weighted by molar-refractivity contribution is 6.30. The van der Waals surface area contributed by atoms with E-state index in [1.165, 1.54) is 0 Å². The Labute approximate surface area is 120 Å². The van der Waals surface area contributed by atoms with Crippen molar-refractivity contribution in [1.82, 2.24) is 14.5 Å². The van der Waals surface area contributed by atoms with Gasteiger partial charge in [0.2, 0.25) is 0 Å². The van der Waals surface area contributed by atoms with Gasteiger partial charge in [-0.25, -0.2) is 4.98 Å². The van der Waals surface area contributed by atoms with E-state index in [-0.39, 0.29) is 0 Å². The lowest BCUT2D eigenvalue weighted by atomic mass is 10.2. The summed E-state index contributed by atoms with van der Waals surface area (Å²) in [4.78, 5) is 8.57. The van der Waals surface area contributed by atoms with Crippen LogP contribution in [-0.4, -0.2) is 14.5 Å². The average molecular weight is 292 g/mol. The van der Waals surface area contributed by atoms with Crippen LogP contribution in [0.5, 0.6) is 0 Å². The van der Waals surface area contributed by atoms with Crippen LogP contribution in [-0.2, 0) is 12.4 Å². The van der Waals surface area contributed by atoms with Gasteiger partial charge >= 0.3 is 0 Å². The van der Waals surface area contributed by atoms with Crippen molar-refractivity contribution in [2.75, 3.05) is 0 Å². The summed E-state index contributed by atoms with van der Waals surface area (Å²) in [6.07, 6.45) is 3.51. The van der Waals surface area contributed by atoms with Gasteiger partial charge in [0, 0.05) is 17.8 Å². The second-order valence-corrected chi connectivity index (χ2v) is 4.95. The fourth-order valence-electron chi connectivity index (χ4n) is 2.13. The Morgan fingerprint density at radius 1 is 1.21 bits per heavy atom.